The minimum atomic E-state index is 1.18. The van der Waals surface area contributed by atoms with E-state index in [1.54, 1.807) is 0 Å². The van der Waals surface area contributed by atoms with E-state index in [9.17, 15) is 0 Å². The molecule has 0 aliphatic rings. The third-order valence-electron chi connectivity index (χ3n) is 9.16. The summed E-state index contributed by atoms with van der Waals surface area (Å²) in [6.07, 6.45) is 0. The van der Waals surface area contributed by atoms with Crippen LogP contribution in [0.15, 0.2) is 176 Å². The monoisotopic (exact) mass is 571 g/mol. The summed E-state index contributed by atoms with van der Waals surface area (Å²) in [7, 11) is 0. The van der Waals surface area contributed by atoms with Crippen LogP contribution in [-0.2, 0) is 0 Å². The number of nitrogens with zero attached hydrogens (tertiary/aromatic N) is 1. The van der Waals surface area contributed by atoms with Crippen molar-refractivity contribution in [1.82, 2.24) is 4.57 Å². The SMILES string of the molecule is c1ccc(-n2c3ccccc3c3ccc(-c4ccc(-c5ccc6cc(-c7ccc8ccccc8c7)ccc6c5)cc4)cc32)cc1. The zero-order valence-corrected chi connectivity index (χ0v) is 24.7. The molecule has 0 bridgehead atoms. The molecule has 8 aromatic carbocycles. The average Bonchev–Trinajstić information content (AvgIpc) is 3.45. The van der Waals surface area contributed by atoms with Gasteiger partial charge in [0.2, 0.25) is 0 Å². The summed E-state index contributed by atoms with van der Waals surface area (Å²) >= 11 is 0. The lowest BCUT2D eigenvalue weighted by Gasteiger charge is -2.10. The zero-order chi connectivity index (χ0) is 29.7. The van der Waals surface area contributed by atoms with Crippen molar-refractivity contribution < 1.29 is 0 Å². The number of aromatic nitrogens is 1. The molecule has 0 saturated heterocycles. The number of para-hydroxylation sites is 2. The highest BCUT2D eigenvalue weighted by Gasteiger charge is 2.13. The summed E-state index contributed by atoms with van der Waals surface area (Å²) in [6.45, 7) is 0. The molecule has 9 rings (SSSR count). The maximum Gasteiger partial charge on any atom is 0.0547 e. The molecule has 1 nitrogen and oxygen atoms in total. The van der Waals surface area contributed by atoms with E-state index in [1.807, 2.05) is 0 Å². The second-order valence-electron chi connectivity index (χ2n) is 11.8. The Hall–Kier alpha value is -5.92. The Morgan fingerprint density at radius 3 is 1.40 bits per heavy atom. The van der Waals surface area contributed by atoms with Gasteiger partial charge >= 0.3 is 0 Å². The Labute approximate surface area is 262 Å². The van der Waals surface area contributed by atoms with Gasteiger partial charge in [-0.1, -0.05) is 133 Å². The van der Waals surface area contributed by atoms with Crippen LogP contribution in [0.2, 0.25) is 0 Å². The third-order valence-corrected chi connectivity index (χ3v) is 9.16. The molecule has 9 aromatic rings. The van der Waals surface area contributed by atoms with E-state index in [2.05, 4.69) is 180 Å². The van der Waals surface area contributed by atoms with Crippen LogP contribution in [0.3, 0.4) is 0 Å². The molecule has 0 spiro atoms. The van der Waals surface area contributed by atoms with E-state index in [1.165, 1.54) is 82.4 Å². The molecule has 1 aromatic heterocycles. The Balaban J connectivity index is 1.05. The predicted molar refractivity (Wildman–Crippen MR) is 192 cm³/mol. The first kappa shape index (κ1) is 25.6. The van der Waals surface area contributed by atoms with Gasteiger partial charge in [-0.3, -0.25) is 0 Å². The van der Waals surface area contributed by atoms with Gasteiger partial charge in [-0.05, 0) is 97.4 Å². The fourth-order valence-corrected chi connectivity index (χ4v) is 6.83. The summed E-state index contributed by atoms with van der Waals surface area (Å²) in [6, 6.07) is 64.0. The Bertz CT molecular complexity index is 2520. The lowest BCUT2D eigenvalue weighted by Crippen LogP contribution is -1.93. The van der Waals surface area contributed by atoms with Crippen LogP contribution in [0, 0.1) is 0 Å². The summed E-state index contributed by atoms with van der Waals surface area (Å²) in [5, 5.41) is 7.60. The van der Waals surface area contributed by atoms with Crippen LogP contribution >= 0.6 is 0 Å². The first-order valence-electron chi connectivity index (χ1n) is 15.5. The molecule has 1 heterocycles. The topological polar surface area (TPSA) is 4.93 Å². The Morgan fingerprint density at radius 2 is 0.711 bits per heavy atom. The average molecular weight is 572 g/mol. The second-order valence-corrected chi connectivity index (χ2v) is 11.8. The standard InChI is InChI=1S/C44H29N/c1-2-10-40(11-3-1)45-43-13-7-6-12-41(43)42-25-24-39(29-44(42)45)32-16-14-31(15-17-32)34-20-21-37-28-38(23-22-36(37)27-34)35-19-18-30-8-4-5-9-33(30)26-35/h1-29H. The maximum atomic E-state index is 2.38. The zero-order valence-electron chi connectivity index (χ0n) is 24.7. The highest BCUT2D eigenvalue weighted by atomic mass is 15.0. The Kier molecular flexibility index (Phi) is 5.89. The van der Waals surface area contributed by atoms with Crippen molar-refractivity contribution in [3.8, 4) is 39.1 Å². The fourth-order valence-electron chi connectivity index (χ4n) is 6.83. The van der Waals surface area contributed by atoms with Crippen molar-refractivity contribution in [2.24, 2.45) is 0 Å². The molecule has 0 aliphatic heterocycles. The molecule has 0 amide bonds. The molecule has 0 N–H and O–H groups in total. The lowest BCUT2D eigenvalue weighted by molar-refractivity contribution is 1.18. The molecular weight excluding hydrogens is 542 g/mol. The fraction of sp³-hybridized carbons (Fsp3) is 0. The minimum absolute atomic E-state index is 1.18. The molecule has 1 heteroatoms. The maximum absolute atomic E-state index is 2.38. The molecule has 0 atom stereocenters. The molecule has 0 aliphatic carbocycles. The quantitative estimate of drug-likeness (QED) is 0.198. The van der Waals surface area contributed by atoms with E-state index >= 15 is 0 Å². The van der Waals surface area contributed by atoms with Gasteiger partial charge in [0.15, 0.2) is 0 Å². The van der Waals surface area contributed by atoms with Crippen LogP contribution in [0.5, 0.6) is 0 Å². The molecule has 210 valence electrons. The summed E-state index contributed by atoms with van der Waals surface area (Å²) < 4.78 is 2.38. The van der Waals surface area contributed by atoms with Crippen LogP contribution in [0.1, 0.15) is 0 Å². The van der Waals surface area contributed by atoms with E-state index < -0.39 is 0 Å². The molecule has 0 radical (unpaired) electrons. The van der Waals surface area contributed by atoms with E-state index in [0.29, 0.717) is 0 Å². The Morgan fingerprint density at radius 1 is 0.267 bits per heavy atom. The van der Waals surface area contributed by atoms with E-state index in [0.717, 1.165) is 0 Å². The lowest BCUT2D eigenvalue weighted by atomic mass is 9.95. The van der Waals surface area contributed by atoms with Crippen molar-refractivity contribution in [3.63, 3.8) is 0 Å². The summed E-state index contributed by atoms with van der Waals surface area (Å²) in [5.41, 5.74) is 11.0. The van der Waals surface area contributed by atoms with Crippen LogP contribution in [-0.4, -0.2) is 4.57 Å². The van der Waals surface area contributed by atoms with E-state index in [4.69, 9.17) is 0 Å². The van der Waals surface area contributed by atoms with Crippen LogP contribution in [0.4, 0.5) is 0 Å². The number of hydrogen-bond donors (Lipinski definition) is 0. The minimum Gasteiger partial charge on any atom is -0.309 e. The largest absolute Gasteiger partial charge is 0.309 e. The van der Waals surface area contributed by atoms with Gasteiger partial charge in [-0.25, -0.2) is 0 Å². The highest BCUT2D eigenvalue weighted by molar-refractivity contribution is 6.10. The van der Waals surface area contributed by atoms with Crippen LogP contribution < -0.4 is 0 Å². The van der Waals surface area contributed by atoms with Crippen LogP contribution in [0.25, 0.3) is 82.4 Å². The van der Waals surface area contributed by atoms with E-state index in [-0.39, 0.29) is 0 Å². The molecule has 0 fully saturated rings. The van der Waals surface area contributed by atoms with Crippen molar-refractivity contribution in [2.75, 3.05) is 0 Å². The predicted octanol–water partition coefficient (Wildman–Crippen LogP) is 12.1. The highest BCUT2D eigenvalue weighted by Crippen LogP contribution is 2.36. The van der Waals surface area contributed by atoms with Crippen molar-refractivity contribution in [1.29, 1.82) is 0 Å². The number of fused-ring (bicyclic) bond motifs is 5. The molecule has 45 heavy (non-hydrogen) atoms. The van der Waals surface area contributed by atoms with Gasteiger partial charge < -0.3 is 4.57 Å². The summed E-state index contributed by atoms with van der Waals surface area (Å²) in [5.74, 6) is 0. The van der Waals surface area contributed by atoms with Gasteiger partial charge in [0.05, 0.1) is 11.0 Å². The molecule has 0 unspecified atom stereocenters. The van der Waals surface area contributed by atoms with Gasteiger partial charge in [0.1, 0.15) is 0 Å². The van der Waals surface area contributed by atoms with Crippen molar-refractivity contribution in [2.45, 2.75) is 0 Å². The third kappa shape index (κ3) is 4.41. The van der Waals surface area contributed by atoms with Crippen molar-refractivity contribution in [3.05, 3.63) is 176 Å². The number of rotatable bonds is 4. The van der Waals surface area contributed by atoms with Gasteiger partial charge in [0, 0.05) is 16.5 Å². The second kappa shape index (κ2) is 10.4. The molecule has 0 saturated carbocycles. The van der Waals surface area contributed by atoms with Gasteiger partial charge in [-0.15, -0.1) is 0 Å². The first-order chi connectivity index (χ1) is 22.3. The molecular formula is C44H29N. The number of hydrogen-bond acceptors (Lipinski definition) is 0. The summed E-state index contributed by atoms with van der Waals surface area (Å²) in [4.78, 5) is 0. The first-order valence-corrected chi connectivity index (χ1v) is 15.5. The van der Waals surface area contributed by atoms with Gasteiger partial charge in [-0.2, -0.15) is 0 Å². The smallest absolute Gasteiger partial charge is 0.0547 e. The van der Waals surface area contributed by atoms with Gasteiger partial charge in [0.25, 0.3) is 0 Å². The number of benzene rings is 8. The normalized spacial score (nSPS) is 11.6. The van der Waals surface area contributed by atoms with Crippen molar-refractivity contribution >= 4 is 43.4 Å².